The fourth-order valence-electron chi connectivity index (χ4n) is 4.62. The highest BCUT2D eigenvalue weighted by molar-refractivity contribution is 5.79. The van der Waals surface area contributed by atoms with Crippen LogP contribution in [0.1, 0.15) is 27.2 Å². The van der Waals surface area contributed by atoms with Crippen molar-refractivity contribution in [3.05, 3.63) is 24.3 Å². The number of cyclic esters (lactones) is 1. The molecule has 0 unspecified atom stereocenters. The summed E-state index contributed by atoms with van der Waals surface area (Å²) in [4.78, 5) is 12.9. The minimum atomic E-state index is -2.24. The zero-order chi connectivity index (χ0) is 20.1. The summed E-state index contributed by atoms with van der Waals surface area (Å²) in [6.07, 6.45) is 5.61. The molecule has 0 saturated carbocycles. The molecule has 4 aliphatic rings. The van der Waals surface area contributed by atoms with Gasteiger partial charge in [0.05, 0.1) is 30.4 Å². The van der Waals surface area contributed by atoms with E-state index in [2.05, 4.69) is 0 Å². The molecule has 7 nitrogen and oxygen atoms in total. The third-order valence-electron chi connectivity index (χ3n) is 6.03. The molecule has 1 aliphatic heterocycles. The third-order valence-corrected chi connectivity index (χ3v) is 6.03. The van der Waals surface area contributed by atoms with Crippen LogP contribution in [0.5, 0.6) is 0 Å². The average Bonchev–Trinajstić information content (AvgIpc) is 2.81. The first-order valence-electron chi connectivity index (χ1n) is 8.64. The van der Waals surface area contributed by atoms with Crippen molar-refractivity contribution in [1.82, 2.24) is 0 Å². The van der Waals surface area contributed by atoms with Gasteiger partial charge in [-0.05, 0) is 20.8 Å². The number of nitriles is 4. The second kappa shape index (κ2) is 5.68. The molecule has 0 N–H and O–H groups in total. The highest BCUT2D eigenvalue weighted by Gasteiger charge is 2.78. The Labute approximate surface area is 157 Å². The van der Waals surface area contributed by atoms with Crippen molar-refractivity contribution in [2.75, 3.05) is 0 Å². The van der Waals surface area contributed by atoms with Crippen LogP contribution in [0.15, 0.2) is 24.3 Å². The van der Waals surface area contributed by atoms with Gasteiger partial charge in [0.1, 0.15) is 17.6 Å². The maximum absolute atomic E-state index is 12.9. The molecule has 1 saturated heterocycles. The van der Waals surface area contributed by atoms with Gasteiger partial charge in [0.15, 0.2) is 5.41 Å². The van der Waals surface area contributed by atoms with E-state index in [4.69, 9.17) is 9.47 Å². The van der Waals surface area contributed by atoms with Gasteiger partial charge in [-0.1, -0.05) is 24.3 Å². The van der Waals surface area contributed by atoms with Crippen LogP contribution in [-0.2, 0) is 14.3 Å². The number of esters is 1. The Morgan fingerprint density at radius 1 is 0.963 bits per heavy atom. The molecular formula is C20H18N4O3. The molecule has 1 heterocycles. The summed E-state index contributed by atoms with van der Waals surface area (Å²) >= 11 is 0. The van der Waals surface area contributed by atoms with Gasteiger partial charge in [-0.3, -0.25) is 4.79 Å². The first-order valence-corrected chi connectivity index (χ1v) is 8.64. The zero-order valence-corrected chi connectivity index (χ0v) is 15.3. The van der Waals surface area contributed by atoms with Crippen LogP contribution in [0.3, 0.4) is 0 Å². The largest absolute Gasteiger partial charge is 0.462 e. The molecule has 0 radical (unpaired) electrons. The highest BCUT2D eigenvalue weighted by atomic mass is 16.6. The number of fused-ring (bicyclic) bond motifs is 1. The Morgan fingerprint density at radius 2 is 1.56 bits per heavy atom. The minimum Gasteiger partial charge on any atom is -0.462 e. The van der Waals surface area contributed by atoms with Gasteiger partial charge in [0.25, 0.3) is 0 Å². The molecule has 2 bridgehead atoms. The van der Waals surface area contributed by atoms with Gasteiger partial charge in [-0.25, -0.2) is 0 Å². The summed E-state index contributed by atoms with van der Waals surface area (Å²) in [6.45, 7) is 5.08. The predicted molar refractivity (Wildman–Crippen MR) is 90.6 cm³/mol. The molecule has 27 heavy (non-hydrogen) atoms. The van der Waals surface area contributed by atoms with Gasteiger partial charge in [0.2, 0.25) is 5.41 Å². The van der Waals surface area contributed by atoms with Crippen molar-refractivity contribution in [3.8, 4) is 24.3 Å². The second-order valence-corrected chi connectivity index (χ2v) is 7.60. The Bertz CT molecular complexity index is 897. The minimum absolute atomic E-state index is 0.355. The normalized spacial score (nSPS) is 40.6. The van der Waals surface area contributed by atoms with Gasteiger partial charge in [-0.2, -0.15) is 21.0 Å². The summed E-state index contributed by atoms with van der Waals surface area (Å²) < 4.78 is 11.7. The number of carbonyl (C=O) groups is 1. The predicted octanol–water partition coefficient (Wildman–Crippen LogP) is 2.29. The van der Waals surface area contributed by atoms with Gasteiger partial charge in [-0.15, -0.1) is 0 Å². The van der Waals surface area contributed by atoms with E-state index in [1.807, 2.05) is 24.3 Å². The summed E-state index contributed by atoms with van der Waals surface area (Å²) in [7, 11) is 0. The summed E-state index contributed by atoms with van der Waals surface area (Å²) in [6, 6.07) is 7.70. The maximum atomic E-state index is 12.9. The topological polar surface area (TPSA) is 131 Å². The summed E-state index contributed by atoms with van der Waals surface area (Å²) in [5.74, 6) is -1.79. The van der Waals surface area contributed by atoms with E-state index in [-0.39, 0.29) is 0 Å². The van der Waals surface area contributed by atoms with Crippen LogP contribution < -0.4 is 0 Å². The van der Waals surface area contributed by atoms with Crippen LogP contribution in [-0.4, -0.2) is 23.8 Å². The Hall–Kier alpha value is -3.13. The van der Waals surface area contributed by atoms with Crippen molar-refractivity contribution in [2.45, 2.75) is 45.0 Å². The second-order valence-electron chi connectivity index (χ2n) is 7.60. The Morgan fingerprint density at radius 3 is 2.11 bits per heavy atom. The van der Waals surface area contributed by atoms with Gasteiger partial charge in [0, 0.05) is 11.8 Å². The fourth-order valence-corrected chi connectivity index (χ4v) is 4.62. The lowest BCUT2D eigenvalue weighted by Gasteiger charge is -2.54. The monoisotopic (exact) mass is 362 g/mol. The quantitative estimate of drug-likeness (QED) is 0.477. The number of nitrogens with zero attached hydrogens (tertiary/aromatic N) is 4. The van der Waals surface area contributed by atoms with Crippen LogP contribution in [0.4, 0.5) is 0 Å². The van der Waals surface area contributed by atoms with Crippen molar-refractivity contribution < 1.29 is 14.3 Å². The van der Waals surface area contributed by atoms with Crippen molar-refractivity contribution >= 4 is 5.97 Å². The molecule has 4 rings (SSSR count). The first kappa shape index (κ1) is 18.7. The molecule has 0 aromatic rings. The van der Waals surface area contributed by atoms with Gasteiger partial charge < -0.3 is 9.47 Å². The number of allylic oxidation sites excluding steroid dienone is 2. The fraction of sp³-hybridized carbons (Fsp3) is 0.550. The van der Waals surface area contributed by atoms with E-state index >= 15 is 0 Å². The highest BCUT2D eigenvalue weighted by Crippen LogP contribution is 2.66. The lowest BCUT2D eigenvalue weighted by atomic mass is 9.45. The zero-order valence-electron chi connectivity index (χ0n) is 15.3. The maximum Gasteiger partial charge on any atom is 0.316 e. The van der Waals surface area contributed by atoms with E-state index in [9.17, 15) is 25.8 Å². The standard InChI is InChI=1S/C20H18N4O3/c1-13-8-14(2)27-20-7-6-17(3,5-4-15(20)16(25)26-13)18(9-21,10-22)19(20,11-23)12-24/h4-7,13-15H,8H2,1-3H3/t13-,14+,15-,17+,20-/m1/s1. The van der Waals surface area contributed by atoms with Crippen molar-refractivity contribution in [1.29, 1.82) is 21.0 Å². The van der Waals surface area contributed by atoms with Crippen molar-refractivity contribution in [3.63, 3.8) is 0 Å². The number of hydrogen-bond donors (Lipinski definition) is 0. The number of hydrogen-bond acceptors (Lipinski definition) is 7. The molecule has 7 heteroatoms. The van der Waals surface area contributed by atoms with Crippen LogP contribution in [0, 0.1) is 67.5 Å². The number of rotatable bonds is 0. The molecule has 136 valence electrons. The summed E-state index contributed by atoms with van der Waals surface area (Å²) in [5.41, 5.74) is -7.39. The molecule has 0 aromatic heterocycles. The Kier molecular flexibility index (Phi) is 3.93. The Balaban J connectivity index is 2.45. The lowest BCUT2D eigenvalue weighted by Crippen LogP contribution is -2.67. The molecule has 0 aromatic carbocycles. The first-order chi connectivity index (χ1) is 12.7. The number of ether oxygens (including phenoxy) is 2. The SMILES string of the molecule is C[C@@H]1C[C@H](C)O[C@]23C=C[C@](C)(C=C[C@@H]2C(=O)O1)C(C#N)(C#N)C3(C#N)C#N. The lowest BCUT2D eigenvalue weighted by molar-refractivity contribution is -0.197. The van der Waals surface area contributed by atoms with E-state index in [1.54, 1.807) is 32.9 Å². The van der Waals surface area contributed by atoms with Crippen molar-refractivity contribution in [2.24, 2.45) is 22.2 Å². The smallest absolute Gasteiger partial charge is 0.316 e. The van der Waals surface area contributed by atoms with E-state index in [1.165, 1.54) is 12.2 Å². The molecule has 0 amide bonds. The van der Waals surface area contributed by atoms with Crippen LogP contribution >= 0.6 is 0 Å². The molecule has 1 fully saturated rings. The third kappa shape index (κ3) is 1.93. The molecular weight excluding hydrogens is 344 g/mol. The van der Waals surface area contributed by atoms with E-state index in [0.717, 1.165) is 0 Å². The number of carbonyl (C=O) groups excluding carboxylic acids is 1. The van der Waals surface area contributed by atoms with E-state index < -0.39 is 45.9 Å². The van der Waals surface area contributed by atoms with E-state index in [0.29, 0.717) is 6.42 Å². The molecule has 1 spiro atoms. The average molecular weight is 362 g/mol. The van der Waals surface area contributed by atoms with Gasteiger partial charge >= 0.3 is 5.97 Å². The summed E-state index contributed by atoms with van der Waals surface area (Å²) in [5, 5.41) is 40.4. The molecule has 5 atom stereocenters. The van der Waals surface area contributed by atoms with Crippen LogP contribution in [0.25, 0.3) is 0 Å². The molecule has 3 aliphatic carbocycles. The van der Waals surface area contributed by atoms with Crippen LogP contribution in [0.2, 0.25) is 0 Å².